The molecule has 0 radical (unpaired) electrons. The molecule has 5 heteroatoms. The number of hydrogen-bond donors (Lipinski definition) is 0. The smallest absolute Gasteiger partial charge is 0.267 e. The number of aryl methyl sites for hydroxylation is 1. The van der Waals surface area contributed by atoms with Crippen molar-refractivity contribution < 1.29 is 4.74 Å². The Morgan fingerprint density at radius 1 is 1.62 bits per heavy atom. The number of nitrogens with zero attached hydrogens (tertiary/aromatic N) is 2. The van der Waals surface area contributed by atoms with Crippen LogP contribution in [-0.2, 0) is 11.3 Å². The Hall–Kier alpha value is -0.680. The van der Waals surface area contributed by atoms with Crippen molar-refractivity contribution in [2.24, 2.45) is 0 Å². The van der Waals surface area contributed by atoms with E-state index in [1.807, 2.05) is 6.92 Å². The van der Waals surface area contributed by atoms with Gasteiger partial charge >= 0.3 is 0 Å². The van der Waals surface area contributed by atoms with Gasteiger partial charge in [0.1, 0.15) is 4.47 Å². The summed E-state index contributed by atoms with van der Waals surface area (Å²) in [6, 6.07) is 0. The highest BCUT2D eigenvalue weighted by Crippen LogP contribution is 2.14. The summed E-state index contributed by atoms with van der Waals surface area (Å²) in [5.41, 5.74) is 0.701. The molecule has 2 heterocycles. The van der Waals surface area contributed by atoms with Gasteiger partial charge in [0.25, 0.3) is 5.56 Å². The van der Waals surface area contributed by atoms with Crippen LogP contribution in [-0.4, -0.2) is 22.3 Å². The highest BCUT2D eigenvalue weighted by molar-refractivity contribution is 9.10. The van der Waals surface area contributed by atoms with Crippen LogP contribution in [0.5, 0.6) is 0 Å². The van der Waals surface area contributed by atoms with Crippen LogP contribution in [0.3, 0.4) is 0 Å². The van der Waals surface area contributed by atoms with Crippen molar-refractivity contribution in [1.29, 1.82) is 0 Å². The van der Waals surface area contributed by atoms with Gasteiger partial charge < -0.3 is 4.74 Å². The minimum absolute atomic E-state index is 0.0262. The number of rotatable bonds is 2. The van der Waals surface area contributed by atoms with E-state index in [2.05, 4.69) is 20.9 Å². The summed E-state index contributed by atoms with van der Waals surface area (Å²) in [5, 5.41) is 0. The molecule has 2 rings (SSSR count). The SMILES string of the molecule is Cc1ncn(CC2CCCCO2)c(=O)c1Br. The maximum absolute atomic E-state index is 11.9. The fourth-order valence-corrected chi connectivity index (χ4v) is 2.18. The molecule has 1 atom stereocenters. The molecule has 1 aliphatic rings. The summed E-state index contributed by atoms with van der Waals surface area (Å²) >= 11 is 3.26. The third-order valence-corrected chi connectivity index (χ3v) is 3.74. The second-order valence-electron chi connectivity index (χ2n) is 4.09. The minimum Gasteiger partial charge on any atom is -0.376 e. The summed E-state index contributed by atoms with van der Waals surface area (Å²) in [6.45, 7) is 3.22. The normalized spacial score (nSPS) is 21.0. The van der Waals surface area contributed by atoms with Crippen LogP contribution in [0.2, 0.25) is 0 Å². The van der Waals surface area contributed by atoms with Gasteiger partial charge in [0.05, 0.1) is 24.7 Å². The molecule has 1 aliphatic heterocycles. The maximum Gasteiger partial charge on any atom is 0.267 e. The van der Waals surface area contributed by atoms with Crippen LogP contribution in [0.25, 0.3) is 0 Å². The van der Waals surface area contributed by atoms with E-state index < -0.39 is 0 Å². The molecule has 1 aromatic heterocycles. The largest absolute Gasteiger partial charge is 0.376 e. The monoisotopic (exact) mass is 286 g/mol. The first kappa shape index (κ1) is 11.8. The Morgan fingerprint density at radius 2 is 2.44 bits per heavy atom. The van der Waals surface area contributed by atoms with E-state index in [4.69, 9.17) is 4.74 Å². The van der Waals surface area contributed by atoms with Gasteiger partial charge in [-0.05, 0) is 42.1 Å². The Labute approximate surface area is 103 Å². The van der Waals surface area contributed by atoms with Crippen molar-refractivity contribution >= 4 is 15.9 Å². The van der Waals surface area contributed by atoms with E-state index in [0.29, 0.717) is 11.0 Å². The van der Waals surface area contributed by atoms with Crippen LogP contribution in [0, 0.1) is 6.92 Å². The first-order chi connectivity index (χ1) is 7.68. The molecular weight excluding hydrogens is 272 g/mol. The molecule has 1 unspecified atom stereocenters. The summed E-state index contributed by atoms with van der Waals surface area (Å²) in [6.07, 6.45) is 5.09. The predicted octanol–water partition coefficient (Wildman–Crippen LogP) is 1.88. The molecule has 0 aliphatic carbocycles. The van der Waals surface area contributed by atoms with Crippen molar-refractivity contribution in [3.05, 3.63) is 26.8 Å². The fourth-order valence-electron chi connectivity index (χ4n) is 1.85. The van der Waals surface area contributed by atoms with Gasteiger partial charge in [0, 0.05) is 6.61 Å². The van der Waals surface area contributed by atoms with E-state index in [9.17, 15) is 4.79 Å². The van der Waals surface area contributed by atoms with Crippen molar-refractivity contribution in [3.8, 4) is 0 Å². The third-order valence-electron chi connectivity index (χ3n) is 2.83. The minimum atomic E-state index is -0.0262. The average molecular weight is 287 g/mol. The highest BCUT2D eigenvalue weighted by Gasteiger charge is 2.16. The van der Waals surface area contributed by atoms with Crippen LogP contribution in [0.15, 0.2) is 15.6 Å². The summed E-state index contributed by atoms with van der Waals surface area (Å²) < 4.78 is 7.77. The predicted molar refractivity (Wildman–Crippen MR) is 64.5 cm³/mol. The van der Waals surface area contributed by atoms with Gasteiger partial charge in [-0.15, -0.1) is 0 Å². The van der Waals surface area contributed by atoms with Crippen LogP contribution in [0.4, 0.5) is 0 Å². The first-order valence-corrected chi connectivity index (χ1v) is 6.31. The van der Waals surface area contributed by atoms with E-state index >= 15 is 0 Å². The molecule has 88 valence electrons. The zero-order valence-corrected chi connectivity index (χ0v) is 10.9. The van der Waals surface area contributed by atoms with Crippen LogP contribution >= 0.6 is 15.9 Å². The lowest BCUT2D eigenvalue weighted by atomic mass is 10.1. The molecule has 0 N–H and O–H groups in total. The quantitative estimate of drug-likeness (QED) is 0.834. The molecule has 1 saturated heterocycles. The first-order valence-electron chi connectivity index (χ1n) is 5.51. The highest BCUT2D eigenvalue weighted by atomic mass is 79.9. The van der Waals surface area contributed by atoms with Crippen molar-refractivity contribution in [2.75, 3.05) is 6.61 Å². The molecule has 0 bridgehead atoms. The van der Waals surface area contributed by atoms with E-state index in [-0.39, 0.29) is 11.7 Å². The summed E-state index contributed by atoms with van der Waals surface area (Å²) in [7, 11) is 0. The third kappa shape index (κ3) is 2.52. The zero-order valence-electron chi connectivity index (χ0n) is 9.28. The van der Waals surface area contributed by atoms with Gasteiger partial charge in [-0.2, -0.15) is 0 Å². The Kier molecular flexibility index (Phi) is 3.76. The molecule has 0 amide bonds. The van der Waals surface area contributed by atoms with Gasteiger partial charge in [-0.1, -0.05) is 0 Å². The van der Waals surface area contributed by atoms with Crippen molar-refractivity contribution in [2.45, 2.75) is 38.8 Å². The van der Waals surface area contributed by atoms with Gasteiger partial charge in [0.15, 0.2) is 0 Å². The molecule has 1 aromatic rings. The van der Waals surface area contributed by atoms with Gasteiger partial charge in [-0.3, -0.25) is 9.36 Å². The number of ether oxygens (including phenoxy) is 1. The lowest BCUT2D eigenvalue weighted by Gasteiger charge is -2.23. The zero-order chi connectivity index (χ0) is 11.5. The van der Waals surface area contributed by atoms with E-state index in [1.54, 1.807) is 10.9 Å². The fraction of sp³-hybridized carbons (Fsp3) is 0.636. The molecule has 0 aromatic carbocycles. The van der Waals surface area contributed by atoms with Gasteiger partial charge in [-0.25, -0.2) is 4.98 Å². The molecular formula is C11H15BrN2O2. The number of halogens is 1. The van der Waals surface area contributed by atoms with E-state index in [1.165, 1.54) is 6.42 Å². The second-order valence-corrected chi connectivity index (χ2v) is 4.88. The van der Waals surface area contributed by atoms with Gasteiger partial charge in [0.2, 0.25) is 0 Å². The van der Waals surface area contributed by atoms with E-state index in [0.717, 1.165) is 25.1 Å². The molecule has 4 nitrogen and oxygen atoms in total. The summed E-state index contributed by atoms with van der Waals surface area (Å²) in [4.78, 5) is 16.0. The lowest BCUT2D eigenvalue weighted by molar-refractivity contribution is 0.00520. The van der Waals surface area contributed by atoms with Crippen molar-refractivity contribution in [1.82, 2.24) is 9.55 Å². The Bertz CT molecular complexity index is 424. The average Bonchev–Trinajstić information content (AvgIpc) is 2.31. The Balaban J connectivity index is 2.15. The molecule has 0 spiro atoms. The Morgan fingerprint density at radius 3 is 3.12 bits per heavy atom. The van der Waals surface area contributed by atoms with Crippen molar-refractivity contribution in [3.63, 3.8) is 0 Å². The molecule has 1 fully saturated rings. The standard InChI is InChI=1S/C11H15BrN2O2/c1-8-10(12)11(15)14(7-13-8)6-9-4-2-3-5-16-9/h7,9H,2-6H2,1H3. The molecule has 0 saturated carbocycles. The number of aromatic nitrogens is 2. The maximum atomic E-state index is 11.9. The summed E-state index contributed by atoms with van der Waals surface area (Å²) in [5.74, 6) is 0. The van der Waals surface area contributed by atoms with Crippen LogP contribution < -0.4 is 5.56 Å². The number of hydrogen-bond acceptors (Lipinski definition) is 3. The topological polar surface area (TPSA) is 44.1 Å². The second kappa shape index (κ2) is 5.10. The van der Waals surface area contributed by atoms with Crippen LogP contribution in [0.1, 0.15) is 25.0 Å². The lowest BCUT2D eigenvalue weighted by Crippen LogP contribution is -2.31. The molecule has 16 heavy (non-hydrogen) atoms.